The summed E-state index contributed by atoms with van der Waals surface area (Å²) in [6, 6.07) is 1.93. The van der Waals surface area contributed by atoms with Crippen LogP contribution in [0.5, 0.6) is 5.75 Å². The van der Waals surface area contributed by atoms with Gasteiger partial charge in [-0.2, -0.15) is 11.8 Å². The van der Waals surface area contributed by atoms with Crippen molar-refractivity contribution < 1.29 is 34.8 Å². The van der Waals surface area contributed by atoms with E-state index in [-0.39, 0.29) is 29.7 Å². The van der Waals surface area contributed by atoms with Gasteiger partial charge in [-0.15, -0.1) is 0 Å². The number of Topliss-reactive ketones (excluding diaryl/α,β-unsaturated/α-hetero) is 2. The Bertz CT molecular complexity index is 1180. The number of amides is 1. The molecule has 4 aliphatic carbocycles. The molecule has 0 bridgehead atoms. The van der Waals surface area contributed by atoms with Crippen molar-refractivity contribution in [2.45, 2.75) is 74.1 Å². The smallest absolute Gasteiger partial charge is 0.230 e. The van der Waals surface area contributed by atoms with Crippen LogP contribution in [0.2, 0.25) is 0 Å². The lowest BCUT2D eigenvalue weighted by atomic mass is 9.56. The van der Waals surface area contributed by atoms with Gasteiger partial charge in [0.05, 0.1) is 11.7 Å². The highest BCUT2D eigenvalue weighted by molar-refractivity contribution is 14.1. The first-order valence-corrected chi connectivity index (χ1v) is 14.6. The fourth-order valence-corrected chi connectivity index (χ4v) is 8.72. The van der Waals surface area contributed by atoms with Crippen molar-refractivity contribution >= 4 is 57.6 Å². The average molecular weight is 627 g/mol. The summed E-state index contributed by atoms with van der Waals surface area (Å²) in [4.78, 5) is 38.5. The number of hydrogen-bond acceptors (Lipinski definition) is 8. The second-order valence-corrected chi connectivity index (χ2v) is 13.0. The Morgan fingerprint density at radius 2 is 1.86 bits per heavy atom. The number of rotatable bonds is 4. The van der Waals surface area contributed by atoms with Crippen LogP contribution in [0.25, 0.3) is 5.76 Å². The summed E-state index contributed by atoms with van der Waals surface area (Å²) in [5.41, 5.74) is 4.22. The van der Waals surface area contributed by atoms with E-state index in [4.69, 9.17) is 5.73 Å². The summed E-state index contributed by atoms with van der Waals surface area (Å²) in [7, 11) is 0. The maximum atomic E-state index is 13.6. The van der Waals surface area contributed by atoms with Crippen LogP contribution in [-0.2, 0) is 26.6 Å². The minimum Gasteiger partial charge on any atom is -0.507 e. The predicted octanol–water partition coefficient (Wildman–Crippen LogP) is 2.76. The van der Waals surface area contributed by atoms with E-state index in [1.807, 2.05) is 6.07 Å². The maximum Gasteiger partial charge on any atom is 0.230 e. The quantitative estimate of drug-likeness (QED) is 0.252. The SMILES string of the molecule is NC(=O)C1C(=O)C2(O)C(=O)C3=C(O)c4c(O)c(CSC5CCCCC5)cc(I)c4CC3CC2CC1O. The summed E-state index contributed by atoms with van der Waals surface area (Å²) in [5.74, 6) is -6.21. The van der Waals surface area contributed by atoms with Gasteiger partial charge in [-0.3, -0.25) is 14.4 Å². The van der Waals surface area contributed by atoms with E-state index < -0.39 is 52.7 Å². The van der Waals surface area contributed by atoms with Gasteiger partial charge in [0, 0.05) is 31.6 Å². The number of aliphatic hydroxyl groups is 3. The van der Waals surface area contributed by atoms with E-state index in [9.17, 15) is 34.8 Å². The molecule has 5 atom stereocenters. The van der Waals surface area contributed by atoms with Gasteiger partial charge >= 0.3 is 0 Å². The van der Waals surface area contributed by atoms with E-state index in [1.165, 1.54) is 19.3 Å². The van der Waals surface area contributed by atoms with Crippen molar-refractivity contribution in [3.05, 3.63) is 31.9 Å². The van der Waals surface area contributed by atoms with Gasteiger partial charge in [0.2, 0.25) is 11.7 Å². The summed E-state index contributed by atoms with van der Waals surface area (Å²) in [6.07, 6.45) is 4.97. The largest absolute Gasteiger partial charge is 0.507 e. The Labute approximate surface area is 226 Å². The highest BCUT2D eigenvalue weighted by atomic mass is 127. The molecule has 8 nitrogen and oxygen atoms in total. The standard InChI is InChI=1S/C26H30INO7S/c27-16-8-12(10-36-14-4-2-1-3-5-14)21(30)19-15(16)7-11-6-13-9-17(29)20(25(28)34)24(33)26(13,35)23(32)18(11)22(19)31/h8,11,13-14,17,20,29-31,35H,1-7,9-10H2,(H2,28,34). The number of primary amides is 1. The number of phenolic OH excluding ortho intramolecular Hbond substituents is 1. The van der Waals surface area contributed by atoms with Gasteiger partial charge in [0.15, 0.2) is 11.4 Å². The second-order valence-electron chi connectivity index (χ2n) is 10.5. The van der Waals surface area contributed by atoms with Crippen LogP contribution in [0.15, 0.2) is 11.6 Å². The second kappa shape index (κ2) is 9.59. The van der Waals surface area contributed by atoms with E-state index in [1.54, 1.807) is 11.8 Å². The topological polar surface area (TPSA) is 158 Å². The molecule has 194 valence electrons. The average Bonchev–Trinajstić information content (AvgIpc) is 2.83. The zero-order chi connectivity index (χ0) is 25.9. The Morgan fingerprint density at radius 3 is 2.53 bits per heavy atom. The van der Waals surface area contributed by atoms with Gasteiger partial charge in [-0.25, -0.2) is 0 Å². The van der Waals surface area contributed by atoms with Crippen molar-refractivity contribution in [2.75, 3.05) is 0 Å². The fraction of sp³-hybridized carbons (Fsp3) is 0.577. The molecule has 5 rings (SSSR count). The normalized spacial score (nSPS) is 32.6. The molecule has 3 fully saturated rings. The first-order valence-electron chi connectivity index (χ1n) is 12.4. The van der Waals surface area contributed by atoms with Crippen molar-refractivity contribution in [2.24, 2.45) is 23.5 Å². The van der Waals surface area contributed by atoms with Crippen molar-refractivity contribution in [3.8, 4) is 5.75 Å². The van der Waals surface area contributed by atoms with E-state index in [0.717, 1.165) is 22.0 Å². The fourth-order valence-electron chi connectivity index (χ4n) is 6.55. The third kappa shape index (κ3) is 3.99. The first kappa shape index (κ1) is 26.0. The predicted molar refractivity (Wildman–Crippen MR) is 142 cm³/mol. The van der Waals surface area contributed by atoms with Crippen LogP contribution in [-0.4, -0.2) is 54.9 Å². The molecule has 36 heavy (non-hydrogen) atoms. The van der Waals surface area contributed by atoms with Crippen LogP contribution in [0, 0.1) is 21.3 Å². The van der Waals surface area contributed by atoms with Crippen LogP contribution >= 0.6 is 34.4 Å². The summed E-state index contributed by atoms with van der Waals surface area (Å²) >= 11 is 3.97. The molecule has 0 aliphatic heterocycles. The van der Waals surface area contributed by atoms with Crippen LogP contribution in [0.3, 0.4) is 0 Å². The molecule has 3 saturated carbocycles. The highest BCUT2D eigenvalue weighted by Gasteiger charge is 2.64. The van der Waals surface area contributed by atoms with Crippen molar-refractivity contribution in [1.29, 1.82) is 0 Å². The Kier molecular flexibility index (Phi) is 6.93. The molecule has 0 saturated heterocycles. The number of carbonyl (C=O) groups is 3. The number of phenols is 1. The molecule has 6 N–H and O–H groups in total. The lowest BCUT2D eigenvalue weighted by molar-refractivity contribution is -0.174. The van der Waals surface area contributed by atoms with Crippen molar-refractivity contribution in [3.63, 3.8) is 0 Å². The van der Waals surface area contributed by atoms with Crippen LogP contribution in [0.1, 0.15) is 61.6 Å². The molecular formula is C26H30INO7S. The van der Waals surface area contributed by atoms with Gasteiger partial charge in [-0.1, -0.05) is 19.3 Å². The number of aromatic hydroxyl groups is 1. The third-order valence-corrected chi connectivity index (χ3v) is 10.8. The van der Waals surface area contributed by atoms with Gasteiger partial charge in [0.1, 0.15) is 17.4 Å². The van der Waals surface area contributed by atoms with Gasteiger partial charge < -0.3 is 26.2 Å². The third-order valence-electron chi connectivity index (χ3n) is 8.44. The van der Waals surface area contributed by atoms with Gasteiger partial charge in [0.25, 0.3) is 0 Å². The molecule has 4 aliphatic rings. The molecule has 0 radical (unpaired) electrons. The first-order chi connectivity index (χ1) is 17.1. The van der Waals surface area contributed by atoms with Gasteiger partial charge in [-0.05, 0) is 72.2 Å². The summed E-state index contributed by atoms with van der Waals surface area (Å²) in [6.45, 7) is 0. The van der Waals surface area contributed by atoms with E-state index >= 15 is 0 Å². The number of nitrogens with two attached hydrogens (primary N) is 1. The minimum atomic E-state index is -2.55. The minimum absolute atomic E-state index is 0.0838. The van der Waals surface area contributed by atoms with E-state index in [0.29, 0.717) is 23.0 Å². The zero-order valence-electron chi connectivity index (χ0n) is 19.7. The number of halogens is 1. The molecule has 1 amide bonds. The molecule has 10 heteroatoms. The lowest BCUT2D eigenvalue weighted by Crippen LogP contribution is -2.66. The number of carbonyl (C=O) groups excluding carboxylic acids is 3. The molecular weight excluding hydrogens is 597 g/mol. The molecule has 0 spiro atoms. The lowest BCUT2D eigenvalue weighted by Gasteiger charge is -2.48. The summed E-state index contributed by atoms with van der Waals surface area (Å²) < 4.78 is 0.868. The molecule has 1 aromatic carbocycles. The molecule has 5 unspecified atom stereocenters. The number of hydrogen-bond donors (Lipinski definition) is 5. The number of ketones is 2. The molecule has 0 aromatic heterocycles. The number of benzene rings is 1. The molecule has 1 aromatic rings. The Hall–Kier alpha value is -1.63. The monoisotopic (exact) mass is 627 g/mol. The Balaban J connectivity index is 1.53. The maximum absolute atomic E-state index is 13.6. The van der Waals surface area contributed by atoms with Crippen LogP contribution in [0.4, 0.5) is 0 Å². The number of fused-ring (bicyclic) bond motifs is 3. The van der Waals surface area contributed by atoms with E-state index in [2.05, 4.69) is 22.6 Å². The summed E-state index contributed by atoms with van der Waals surface area (Å²) in [5, 5.41) is 44.7. The molecule has 0 heterocycles. The number of aliphatic hydroxyl groups excluding tert-OH is 2. The highest BCUT2D eigenvalue weighted by Crippen LogP contribution is 2.52. The Morgan fingerprint density at radius 1 is 1.17 bits per heavy atom. The zero-order valence-corrected chi connectivity index (χ0v) is 22.7. The number of thioether (sulfide) groups is 1. The van der Waals surface area contributed by atoms with Crippen LogP contribution < -0.4 is 5.73 Å². The van der Waals surface area contributed by atoms with Crippen molar-refractivity contribution in [1.82, 2.24) is 0 Å².